The van der Waals surface area contributed by atoms with Crippen LogP contribution in [0.15, 0.2) is 36.4 Å². The van der Waals surface area contributed by atoms with Gasteiger partial charge in [0.2, 0.25) is 0 Å². The number of hydrogen-bond acceptors (Lipinski definition) is 3. The lowest BCUT2D eigenvalue weighted by Gasteiger charge is -2.33. The summed E-state index contributed by atoms with van der Waals surface area (Å²) >= 11 is 0. The summed E-state index contributed by atoms with van der Waals surface area (Å²) in [4.78, 5) is 0. The van der Waals surface area contributed by atoms with E-state index >= 15 is 0 Å². The maximum absolute atomic E-state index is 9.66. The lowest BCUT2D eigenvalue weighted by Crippen LogP contribution is -2.32. The fourth-order valence-electron chi connectivity index (χ4n) is 3.47. The number of ether oxygens (including phenoxy) is 2. The highest BCUT2D eigenvalue weighted by molar-refractivity contribution is 5.44. The van der Waals surface area contributed by atoms with Gasteiger partial charge >= 0.3 is 0 Å². The highest BCUT2D eigenvalue weighted by Crippen LogP contribution is 2.39. The highest BCUT2D eigenvalue weighted by Gasteiger charge is 2.28. The second kappa shape index (κ2) is 5.19. The van der Waals surface area contributed by atoms with Crippen molar-refractivity contribution in [3.63, 3.8) is 0 Å². The Morgan fingerprint density at radius 2 is 1.87 bits per heavy atom. The second-order valence-corrected chi connectivity index (χ2v) is 7.17. The lowest BCUT2D eigenvalue weighted by atomic mass is 9.91. The molecule has 2 aliphatic heterocycles. The van der Waals surface area contributed by atoms with E-state index < -0.39 is 0 Å². The molecule has 0 aromatic heterocycles. The summed E-state index contributed by atoms with van der Waals surface area (Å²) < 4.78 is 12.2. The largest absolute Gasteiger partial charge is 0.508 e. The molecule has 4 rings (SSSR count). The normalized spacial score (nSPS) is 21.6. The van der Waals surface area contributed by atoms with Gasteiger partial charge in [-0.1, -0.05) is 12.1 Å². The Morgan fingerprint density at radius 1 is 1.00 bits per heavy atom. The summed E-state index contributed by atoms with van der Waals surface area (Å²) in [6.45, 7) is 4.27. The molecule has 1 atom stereocenters. The van der Waals surface area contributed by atoms with Gasteiger partial charge < -0.3 is 14.6 Å². The van der Waals surface area contributed by atoms with Gasteiger partial charge in [0.15, 0.2) is 0 Å². The first-order valence-corrected chi connectivity index (χ1v) is 8.31. The van der Waals surface area contributed by atoms with Crippen LogP contribution in [-0.4, -0.2) is 10.7 Å². The van der Waals surface area contributed by atoms with Gasteiger partial charge in [-0.3, -0.25) is 0 Å². The molecule has 2 heterocycles. The van der Waals surface area contributed by atoms with Crippen molar-refractivity contribution in [1.82, 2.24) is 0 Å². The first-order chi connectivity index (χ1) is 11.0. The number of hydrogen-bond donors (Lipinski definition) is 1. The average Bonchev–Trinajstić information content (AvgIpc) is 2.53. The Hall–Kier alpha value is -2.16. The summed E-state index contributed by atoms with van der Waals surface area (Å²) in [7, 11) is 0. The minimum Gasteiger partial charge on any atom is -0.508 e. The van der Waals surface area contributed by atoms with Crippen molar-refractivity contribution in [2.24, 2.45) is 0 Å². The Morgan fingerprint density at radius 3 is 2.74 bits per heavy atom. The SMILES string of the molecule is CC1(C)CCc2cc([C@@H]3CCc4ccc(O)cc4O3)ccc2O1. The molecule has 0 unspecified atom stereocenters. The smallest absolute Gasteiger partial charge is 0.127 e. The Bertz CT molecular complexity index is 749. The van der Waals surface area contributed by atoms with Crippen LogP contribution in [0.2, 0.25) is 0 Å². The Balaban J connectivity index is 1.60. The fraction of sp³-hybridized carbons (Fsp3) is 0.400. The summed E-state index contributed by atoms with van der Waals surface area (Å²) in [6, 6.07) is 11.8. The fourth-order valence-corrected chi connectivity index (χ4v) is 3.47. The topological polar surface area (TPSA) is 38.7 Å². The van der Waals surface area contributed by atoms with Crippen molar-refractivity contribution < 1.29 is 14.6 Å². The molecule has 120 valence electrons. The van der Waals surface area contributed by atoms with Gasteiger partial charge in [0.1, 0.15) is 29.0 Å². The molecular weight excluding hydrogens is 288 g/mol. The number of benzene rings is 2. The molecule has 1 N–H and O–H groups in total. The third-order valence-electron chi connectivity index (χ3n) is 4.83. The van der Waals surface area contributed by atoms with Gasteiger partial charge in [0, 0.05) is 6.07 Å². The number of rotatable bonds is 1. The summed E-state index contributed by atoms with van der Waals surface area (Å²) in [5, 5.41) is 9.66. The first kappa shape index (κ1) is 14.4. The van der Waals surface area contributed by atoms with Gasteiger partial charge in [-0.25, -0.2) is 0 Å². The number of phenols is 1. The highest BCUT2D eigenvalue weighted by atomic mass is 16.5. The molecule has 0 amide bonds. The molecule has 2 aromatic carbocycles. The summed E-state index contributed by atoms with van der Waals surface area (Å²) in [5.41, 5.74) is 3.56. The van der Waals surface area contributed by atoms with Crippen LogP contribution in [0.1, 0.15) is 49.5 Å². The third-order valence-corrected chi connectivity index (χ3v) is 4.83. The molecule has 2 aromatic rings. The number of aryl methyl sites for hydroxylation is 2. The van der Waals surface area contributed by atoms with Crippen LogP contribution in [0, 0.1) is 0 Å². The maximum atomic E-state index is 9.66. The van der Waals surface area contributed by atoms with Gasteiger partial charge in [-0.15, -0.1) is 0 Å². The van der Waals surface area contributed by atoms with Crippen LogP contribution in [0.25, 0.3) is 0 Å². The van der Waals surface area contributed by atoms with Crippen molar-refractivity contribution >= 4 is 0 Å². The molecule has 23 heavy (non-hydrogen) atoms. The van der Waals surface area contributed by atoms with Crippen molar-refractivity contribution in [3.8, 4) is 17.2 Å². The zero-order valence-corrected chi connectivity index (χ0v) is 13.6. The van der Waals surface area contributed by atoms with E-state index in [0.29, 0.717) is 0 Å². The molecule has 0 saturated carbocycles. The van der Waals surface area contributed by atoms with Crippen molar-refractivity contribution in [1.29, 1.82) is 0 Å². The third kappa shape index (κ3) is 2.76. The minimum atomic E-state index is -0.0771. The van der Waals surface area contributed by atoms with Crippen LogP contribution in [0.3, 0.4) is 0 Å². The van der Waals surface area contributed by atoms with Crippen molar-refractivity contribution in [2.45, 2.75) is 51.2 Å². The van der Waals surface area contributed by atoms with Gasteiger partial charge in [-0.05, 0) is 74.4 Å². The number of phenolic OH excluding ortho intramolecular Hbond substituents is 1. The predicted octanol–water partition coefficient (Wildman–Crippen LogP) is 4.56. The molecule has 2 aliphatic rings. The molecule has 0 aliphatic carbocycles. The number of aromatic hydroxyl groups is 1. The van der Waals surface area contributed by atoms with E-state index in [4.69, 9.17) is 9.47 Å². The monoisotopic (exact) mass is 310 g/mol. The van der Waals surface area contributed by atoms with Gasteiger partial charge in [-0.2, -0.15) is 0 Å². The predicted molar refractivity (Wildman–Crippen MR) is 89.3 cm³/mol. The molecule has 0 bridgehead atoms. The molecule has 0 saturated heterocycles. The molecule has 3 heteroatoms. The van der Waals surface area contributed by atoms with E-state index in [1.165, 1.54) is 16.7 Å². The van der Waals surface area contributed by atoms with Crippen LogP contribution in [-0.2, 0) is 12.8 Å². The van der Waals surface area contributed by atoms with E-state index in [2.05, 4.69) is 32.0 Å². The van der Waals surface area contributed by atoms with Crippen molar-refractivity contribution in [3.05, 3.63) is 53.1 Å². The van der Waals surface area contributed by atoms with E-state index in [9.17, 15) is 5.11 Å². The minimum absolute atomic E-state index is 0.0459. The standard InChI is InChI=1S/C20H22O3/c1-20(2)10-9-15-11-14(5-8-18(15)23-20)17-7-4-13-3-6-16(21)12-19(13)22-17/h3,5-6,8,11-12,17,21H,4,7,9-10H2,1-2H3/t17-/m0/s1. The van der Waals surface area contributed by atoms with Crippen LogP contribution >= 0.6 is 0 Å². The second-order valence-electron chi connectivity index (χ2n) is 7.17. The van der Waals surface area contributed by atoms with Crippen LogP contribution in [0.5, 0.6) is 17.2 Å². The zero-order valence-electron chi connectivity index (χ0n) is 13.6. The maximum Gasteiger partial charge on any atom is 0.127 e. The Labute approximate surface area is 136 Å². The van der Waals surface area contributed by atoms with Gasteiger partial charge in [0.05, 0.1) is 0 Å². The van der Waals surface area contributed by atoms with E-state index in [-0.39, 0.29) is 17.5 Å². The molecular formula is C20H22O3. The summed E-state index contributed by atoms with van der Waals surface area (Å²) in [5.74, 6) is 2.06. The molecule has 0 radical (unpaired) electrons. The van der Waals surface area contributed by atoms with E-state index in [1.807, 2.05) is 6.07 Å². The number of fused-ring (bicyclic) bond motifs is 2. The average molecular weight is 310 g/mol. The zero-order chi connectivity index (χ0) is 16.0. The van der Waals surface area contributed by atoms with Crippen LogP contribution in [0.4, 0.5) is 0 Å². The molecule has 3 nitrogen and oxygen atoms in total. The van der Waals surface area contributed by atoms with E-state index in [1.54, 1.807) is 12.1 Å². The first-order valence-electron chi connectivity index (χ1n) is 8.31. The van der Waals surface area contributed by atoms with Crippen LogP contribution < -0.4 is 9.47 Å². The molecule has 0 spiro atoms. The summed E-state index contributed by atoms with van der Waals surface area (Å²) in [6.07, 6.45) is 4.06. The Kier molecular flexibility index (Phi) is 3.26. The van der Waals surface area contributed by atoms with Gasteiger partial charge in [0.25, 0.3) is 0 Å². The molecule has 0 fully saturated rings. The quantitative estimate of drug-likeness (QED) is 0.839. The van der Waals surface area contributed by atoms with E-state index in [0.717, 1.165) is 37.2 Å². The van der Waals surface area contributed by atoms with Crippen molar-refractivity contribution in [2.75, 3.05) is 0 Å². The lowest BCUT2D eigenvalue weighted by molar-refractivity contribution is 0.0844.